The molecule has 0 heterocycles. The minimum Gasteiger partial charge on any atom is -0.481 e. The maximum absolute atomic E-state index is 10.1. The van der Waals surface area contributed by atoms with Crippen LogP contribution in [-0.4, -0.2) is 22.3 Å². The van der Waals surface area contributed by atoms with Crippen molar-refractivity contribution in [2.45, 2.75) is 13.0 Å². The Morgan fingerprint density at radius 2 is 2.22 bits per heavy atom. The van der Waals surface area contributed by atoms with Crippen LogP contribution in [0.15, 0.2) is 12.7 Å². The van der Waals surface area contributed by atoms with Crippen LogP contribution in [0, 0.1) is 5.92 Å². The van der Waals surface area contributed by atoms with Crippen molar-refractivity contribution in [3.63, 3.8) is 0 Å². The van der Waals surface area contributed by atoms with Gasteiger partial charge in [-0.15, -0.1) is 6.58 Å². The molecule has 9 heavy (non-hydrogen) atoms. The highest BCUT2D eigenvalue weighted by Crippen LogP contribution is 2.03. The van der Waals surface area contributed by atoms with E-state index < -0.39 is 18.0 Å². The van der Waals surface area contributed by atoms with E-state index in [0.29, 0.717) is 0 Å². The third-order valence-corrected chi connectivity index (χ3v) is 1.06. The van der Waals surface area contributed by atoms with Crippen molar-refractivity contribution < 1.29 is 15.0 Å². The summed E-state index contributed by atoms with van der Waals surface area (Å²) in [5.41, 5.74) is 0. The van der Waals surface area contributed by atoms with Crippen LogP contribution in [0.25, 0.3) is 0 Å². The van der Waals surface area contributed by atoms with Gasteiger partial charge in [0.25, 0.3) is 0 Å². The molecule has 0 rings (SSSR count). The van der Waals surface area contributed by atoms with Crippen LogP contribution in [0.2, 0.25) is 0 Å². The molecule has 2 unspecified atom stereocenters. The van der Waals surface area contributed by atoms with E-state index in [1.54, 1.807) is 0 Å². The van der Waals surface area contributed by atoms with Crippen molar-refractivity contribution in [1.29, 1.82) is 0 Å². The third-order valence-electron chi connectivity index (χ3n) is 1.06. The fourth-order valence-corrected chi connectivity index (χ4v) is 0.504. The van der Waals surface area contributed by atoms with E-state index in [1.807, 2.05) is 0 Å². The molecule has 3 heteroatoms. The van der Waals surface area contributed by atoms with Crippen molar-refractivity contribution >= 4 is 5.97 Å². The number of carboxylic acid groups (broad SMARTS) is 1. The van der Waals surface area contributed by atoms with Crippen LogP contribution in [0.4, 0.5) is 0 Å². The molecule has 52 valence electrons. The molecule has 0 saturated heterocycles. The molecule has 0 amide bonds. The molecule has 0 spiro atoms. The molecule has 0 aliphatic rings. The van der Waals surface area contributed by atoms with Gasteiger partial charge >= 0.3 is 5.97 Å². The first-order valence-electron chi connectivity index (χ1n) is 2.63. The number of aliphatic hydroxyl groups excluding tert-OH is 1. The van der Waals surface area contributed by atoms with Crippen LogP contribution >= 0.6 is 0 Å². The highest BCUT2D eigenvalue weighted by atomic mass is 16.4. The summed E-state index contributed by atoms with van der Waals surface area (Å²) in [7, 11) is 0. The van der Waals surface area contributed by atoms with Crippen molar-refractivity contribution in [3.8, 4) is 0 Å². The highest BCUT2D eigenvalue weighted by molar-refractivity contribution is 5.72. The van der Waals surface area contributed by atoms with E-state index in [2.05, 4.69) is 6.58 Å². The molecular formula is C6H10O3. The molecule has 0 bridgehead atoms. The molecule has 2 atom stereocenters. The van der Waals surface area contributed by atoms with Gasteiger partial charge < -0.3 is 10.2 Å². The maximum atomic E-state index is 10.1. The molecule has 0 aromatic carbocycles. The number of hydrogen-bond donors (Lipinski definition) is 2. The van der Waals surface area contributed by atoms with Gasteiger partial charge in [0.05, 0.1) is 6.10 Å². The summed E-state index contributed by atoms with van der Waals surface area (Å²) in [6, 6.07) is 0. The van der Waals surface area contributed by atoms with Gasteiger partial charge in [0.2, 0.25) is 0 Å². The predicted molar refractivity (Wildman–Crippen MR) is 33.0 cm³/mol. The molecular weight excluding hydrogens is 120 g/mol. The minimum atomic E-state index is -1.04. The first-order valence-corrected chi connectivity index (χ1v) is 2.63. The number of carboxylic acids is 1. The molecule has 0 radical (unpaired) electrons. The van der Waals surface area contributed by atoms with E-state index in [0.717, 1.165) is 0 Å². The molecule has 0 aliphatic heterocycles. The number of hydrogen-bond acceptors (Lipinski definition) is 2. The van der Waals surface area contributed by atoms with Crippen molar-refractivity contribution in [2.24, 2.45) is 5.92 Å². The van der Waals surface area contributed by atoms with Gasteiger partial charge in [-0.2, -0.15) is 0 Å². The van der Waals surface area contributed by atoms with E-state index >= 15 is 0 Å². The van der Waals surface area contributed by atoms with Gasteiger partial charge in [0.1, 0.15) is 5.92 Å². The van der Waals surface area contributed by atoms with Crippen LogP contribution in [0.3, 0.4) is 0 Å². The van der Waals surface area contributed by atoms with Crippen LogP contribution < -0.4 is 0 Å². The van der Waals surface area contributed by atoms with Gasteiger partial charge in [-0.25, -0.2) is 0 Å². The monoisotopic (exact) mass is 130 g/mol. The quantitative estimate of drug-likeness (QED) is 0.538. The standard InChI is InChI=1S/C6H10O3/c1-3-5(4(2)7)6(8)9/h3-5,7H,1H2,2H3,(H,8,9). The van der Waals surface area contributed by atoms with Crippen LogP contribution in [0.5, 0.6) is 0 Å². The lowest BCUT2D eigenvalue weighted by Crippen LogP contribution is -2.22. The smallest absolute Gasteiger partial charge is 0.312 e. The Morgan fingerprint density at radius 1 is 1.78 bits per heavy atom. The summed E-state index contributed by atoms with van der Waals surface area (Å²) in [5, 5.41) is 17.0. The van der Waals surface area contributed by atoms with Crippen LogP contribution in [-0.2, 0) is 4.79 Å². The number of aliphatic hydroxyl groups is 1. The largest absolute Gasteiger partial charge is 0.481 e. The van der Waals surface area contributed by atoms with Crippen molar-refractivity contribution in [1.82, 2.24) is 0 Å². The summed E-state index contributed by atoms with van der Waals surface area (Å²) in [4.78, 5) is 10.1. The molecule has 0 aliphatic carbocycles. The Morgan fingerprint density at radius 3 is 2.22 bits per heavy atom. The van der Waals surface area contributed by atoms with Crippen LogP contribution in [0.1, 0.15) is 6.92 Å². The second-order valence-electron chi connectivity index (χ2n) is 1.84. The van der Waals surface area contributed by atoms with Gasteiger partial charge in [-0.1, -0.05) is 6.08 Å². The zero-order valence-corrected chi connectivity index (χ0v) is 5.24. The van der Waals surface area contributed by atoms with E-state index in [9.17, 15) is 4.79 Å². The van der Waals surface area contributed by atoms with Crippen molar-refractivity contribution in [3.05, 3.63) is 12.7 Å². The van der Waals surface area contributed by atoms with Crippen molar-refractivity contribution in [2.75, 3.05) is 0 Å². The number of carbonyl (C=O) groups is 1. The highest BCUT2D eigenvalue weighted by Gasteiger charge is 2.17. The minimum absolute atomic E-state index is 0.843. The average Bonchev–Trinajstić information content (AvgIpc) is 1.64. The Balaban J connectivity index is 3.98. The SMILES string of the molecule is C=CC(C(=O)O)C(C)O. The van der Waals surface area contributed by atoms with Gasteiger partial charge in [0.15, 0.2) is 0 Å². The molecule has 0 fully saturated rings. The van der Waals surface area contributed by atoms with E-state index in [1.165, 1.54) is 13.0 Å². The molecule has 0 aromatic heterocycles. The summed E-state index contributed by atoms with van der Waals surface area (Å²) in [6.07, 6.45) is 0.354. The first kappa shape index (κ1) is 8.17. The number of rotatable bonds is 3. The summed E-state index contributed by atoms with van der Waals surface area (Å²) < 4.78 is 0. The maximum Gasteiger partial charge on any atom is 0.312 e. The zero-order chi connectivity index (χ0) is 7.44. The summed E-state index contributed by atoms with van der Waals surface area (Å²) in [6.45, 7) is 4.68. The normalized spacial score (nSPS) is 16.2. The molecule has 0 saturated carbocycles. The fourth-order valence-electron chi connectivity index (χ4n) is 0.504. The summed E-state index contributed by atoms with van der Waals surface area (Å²) in [5.74, 6) is -1.88. The van der Waals surface area contributed by atoms with Gasteiger partial charge in [-0.3, -0.25) is 4.79 Å². The Hall–Kier alpha value is -0.830. The van der Waals surface area contributed by atoms with Gasteiger partial charge in [-0.05, 0) is 6.92 Å². The molecule has 3 nitrogen and oxygen atoms in total. The second kappa shape index (κ2) is 3.25. The van der Waals surface area contributed by atoms with Gasteiger partial charge in [0, 0.05) is 0 Å². The predicted octanol–water partition coefficient (Wildman–Crippen LogP) is 0.254. The molecule has 0 aromatic rings. The fraction of sp³-hybridized carbons (Fsp3) is 0.500. The Kier molecular flexibility index (Phi) is 2.95. The molecule has 2 N–H and O–H groups in total. The first-order chi connectivity index (χ1) is 4.09. The lowest BCUT2D eigenvalue weighted by molar-refractivity contribution is -0.142. The lowest BCUT2D eigenvalue weighted by atomic mass is 10.1. The lowest BCUT2D eigenvalue weighted by Gasteiger charge is -2.08. The summed E-state index contributed by atoms with van der Waals surface area (Å²) >= 11 is 0. The van der Waals surface area contributed by atoms with E-state index in [4.69, 9.17) is 10.2 Å². The average molecular weight is 130 g/mol. The second-order valence-corrected chi connectivity index (χ2v) is 1.84. The number of aliphatic carboxylic acids is 1. The Labute approximate surface area is 53.6 Å². The van der Waals surface area contributed by atoms with E-state index in [-0.39, 0.29) is 0 Å². The third kappa shape index (κ3) is 2.28. The zero-order valence-electron chi connectivity index (χ0n) is 5.24. The topological polar surface area (TPSA) is 57.5 Å². The Bertz CT molecular complexity index is 117.